The minimum Gasteiger partial charge on any atom is -0.387 e. The first-order valence-electron chi connectivity index (χ1n) is 6.68. The number of benzene rings is 1. The maximum Gasteiger partial charge on any atom is 0.0931 e. The summed E-state index contributed by atoms with van der Waals surface area (Å²) < 4.78 is 0. The Kier molecular flexibility index (Phi) is 5.48. The highest BCUT2D eigenvalue weighted by molar-refractivity contribution is 6.35. The Labute approximate surface area is 124 Å². The van der Waals surface area contributed by atoms with Gasteiger partial charge in [-0.1, -0.05) is 36.2 Å². The molecule has 1 atom stereocenters. The van der Waals surface area contributed by atoms with E-state index in [0.717, 1.165) is 38.3 Å². The third-order valence-corrected chi connectivity index (χ3v) is 4.23. The van der Waals surface area contributed by atoms with E-state index in [9.17, 15) is 5.11 Å². The summed E-state index contributed by atoms with van der Waals surface area (Å²) in [5.41, 5.74) is 0.754. The number of likely N-dealkylation sites (N-methyl/N-ethyl adjacent to an activating group) is 1. The zero-order chi connectivity index (χ0) is 13.8. The van der Waals surface area contributed by atoms with Crippen molar-refractivity contribution in [1.82, 2.24) is 9.80 Å². The second-order valence-corrected chi connectivity index (χ2v) is 5.76. The van der Waals surface area contributed by atoms with Gasteiger partial charge in [0.2, 0.25) is 0 Å². The molecule has 1 N–H and O–H groups in total. The van der Waals surface area contributed by atoms with Crippen molar-refractivity contribution in [3.63, 3.8) is 0 Å². The van der Waals surface area contributed by atoms with Crippen LogP contribution in [0.1, 0.15) is 18.6 Å². The van der Waals surface area contributed by atoms with Gasteiger partial charge in [-0.3, -0.25) is 4.90 Å². The highest BCUT2D eigenvalue weighted by Gasteiger charge is 2.20. The Bertz CT molecular complexity index is 420. The fourth-order valence-corrected chi connectivity index (χ4v) is 2.94. The Hall–Kier alpha value is -0.320. The van der Waals surface area contributed by atoms with Crippen molar-refractivity contribution < 1.29 is 5.11 Å². The number of aliphatic hydroxyl groups is 1. The summed E-state index contributed by atoms with van der Waals surface area (Å²) in [4.78, 5) is 4.69. The standard InChI is InChI=1S/C14H20Cl2N2O/c1-2-17-5-7-18(8-6-17)10-14(19)12-4-3-11(15)9-13(12)16/h3-4,9,14,19H,2,5-8,10H2,1H3. The van der Waals surface area contributed by atoms with Gasteiger partial charge in [0.1, 0.15) is 0 Å². The van der Waals surface area contributed by atoms with Crippen LogP contribution in [0.3, 0.4) is 0 Å². The first-order chi connectivity index (χ1) is 9.10. The average Bonchev–Trinajstić information content (AvgIpc) is 2.39. The largest absolute Gasteiger partial charge is 0.387 e. The van der Waals surface area contributed by atoms with E-state index in [-0.39, 0.29) is 0 Å². The van der Waals surface area contributed by atoms with Crippen LogP contribution in [0.25, 0.3) is 0 Å². The molecule has 19 heavy (non-hydrogen) atoms. The van der Waals surface area contributed by atoms with Crippen LogP contribution in [0.4, 0.5) is 0 Å². The number of aliphatic hydroxyl groups excluding tert-OH is 1. The number of piperazine rings is 1. The molecule has 0 radical (unpaired) electrons. The Morgan fingerprint density at radius 1 is 1.16 bits per heavy atom. The third kappa shape index (κ3) is 4.07. The maximum atomic E-state index is 10.3. The van der Waals surface area contributed by atoms with Crippen LogP contribution in [0.2, 0.25) is 10.0 Å². The molecule has 106 valence electrons. The van der Waals surface area contributed by atoms with Crippen LogP contribution in [-0.2, 0) is 0 Å². The molecule has 1 aliphatic heterocycles. The minimum absolute atomic E-state index is 0.534. The van der Waals surface area contributed by atoms with E-state index in [4.69, 9.17) is 23.2 Å². The van der Waals surface area contributed by atoms with Crippen molar-refractivity contribution in [1.29, 1.82) is 0 Å². The summed E-state index contributed by atoms with van der Waals surface area (Å²) in [6.45, 7) is 8.03. The molecule has 0 spiro atoms. The van der Waals surface area contributed by atoms with E-state index in [1.54, 1.807) is 18.2 Å². The van der Waals surface area contributed by atoms with E-state index in [0.29, 0.717) is 16.6 Å². The van der Waals surface area contributed by atoms with E-state index in [1.165, 1.54) is 0 Å². The van der Waals surface area contributed by atoms with E-state index >= 15 is 0 Å². The first-order valence-corrected chi connectivity index (χ1v) is 7.43. The summed E-state index contributed by atoms with van der Waals surface area (Å²) in [6.07, 6.45) is -0.557. The van der Waals surface area contributed by atoms with Gasteiger partial charge in [0.05, 0.1) is 6.10 Å². The fraction of sp³-hybridized carbons (Fsp3) is 0.571. The highest BCUT2D eigenvalue weighted by atomic mass is 35.5. The van der Waals surface area contributed by atoms with Gasteiger partial charge >= 0.3 is 0 Å². The Morgan fingerprint density at radius 2 is 1.79 bits per heavy atom. The minimum atomic E-state index is -0.557. The number of nitrogens with zero attached hydrogens (tertiary/aromatic N) is 2. The molecule has 5 heteroatoms. The monoisotopic (exact) mass is 302 g/mol. The van der Waals surface area contributed by atoms with Crippen molar-refractivity contribution in [2.75, 3.05) is 39.3 Å². The molecule has 1 aromatic rings. The first kappa shape index (κ1) is 15.1. The Morgan fingerprint density at radius 3 is 2.37 bits per heavy atom. The summed E-state index contributed by atoms with van der Waals surface area (Å²) >= 11 is 12.0. The van der Waals surface area contributed by atoms with Gasteiger partial charge in [-0.15, -0.1) is 0 Å². The molecule has 0 bridgehead atoms. The molecule has 1 saturated heterocycles. The molecule has 1 fully saturated rings. The second kappa shape index (κ2) is 6.91. The van der Waals surface area contributed by atoms with Gasteiger partial charge in [0.15, 0.2) is 0 Å². The SMILES string of the molecule is CCN1CCN(CC(O)c2ccc(Cl)cc2Cl)CC1. The molecule has 1 heterocycles. The van der Waals surface area contributed by atoms with Crippen LogP contribution >= 0.6 is 23.2 Å². The molecule has 0 aromatic heterocycles. The molecular formula is C14H20Cl2N2O. The van der Waals surface area contributed by atoms with Crippen molar-refractivity contribution in [2.24, 2.45) is 0 Å². The maximum absolute atomic E-state index is 10.3. The molecule has 1 aromatic carbocycles. The summed E-state index contributed by atoms with van der Waals surface area (Å²) in [5, 5.41) is 11.4. The lowest BCUT2D eigenvalue weighted by atomic mass is 10.1. The second-order valence-electron chi connectivity index (χ2n) is 4.92. The van der Waals surface area contributed by atoms with E-state index in [2.05, 4.69) is 16.7 Å². The van der Waals surface area contributed by atoms with Gasteiger partial charge < -0.3 is 10.0 Å². The topological polar surface area (TPSA) is 26.7 Å². The van der Waals surface area contributed by atoms with E-state index in [1.807, 2.05) is 0 Å². The molecular weight excluding hydrogens is 283 g/mol. The number of β-amino-alcohol motifs (C(OH)–C–C–N with tert-alkyl or cyclic N) is 1. The number of rotatable bonds is 4. The summed E-state index contributed by atoms with van der Waals surface area (Å²) in [5.74, 6) is 0. The molecule has 1 aliphatic rings. The fourth-order valence-electron chi connectivity index (χ4n) is 2.40. The number of hydrogen-bond acceptors (Lipinski definition) is 3. The van der Waals surface area contributed by atoms with Crippen LogP contribution in [0.5, 0.6) is 0 Å². The van der Waals surface area contributed by atoms with Crippen molar-refractivity contribution in [2.45, 2.75) is 13.0 Å². The molecule has 2 rings (SSSR count). The molecule has 3 nitrogen and oxygen atoms in total. The van der Waals surface area contributed by atoms with Crippen LogP contribution in [0.15, 0.2) is 18.2 Å². The average molecular weight is 303 g/mol. The van der Waals surface area contributed by atoms with Gasteiger partial charge in [-0.2, -0.15) is 0 Å². The van der Waals surface area contributed by atoms with Crippen LogP contribution in [0, 0.1) is 0 Å². The van der Waals surface area contributed by atoms with Crippen molar-refractivity contribution >= 4 is 23.2 Å². The smallest absolute Gasteiger partial charge is 0.0931 e. The highest BCUT2D eigenvalue weighted by Crippen LogP contribution is 2.27. The zero-order valence-electron chi connectivity index (χ0n) is 11.1. The van der Waals surface area contributed by atoms with Crippen LogP contribution in [-0.4, -0.2) is 54.2 Å². The quantitative estimate of drug-likeness (QED) is 0.926. The number of hydrogen-bond donors (Lipinski definition) is 1. The van der Waals surface area contributed by atoms with E-state index < -0.39 is 6.10 Å². The lowest BCUT2D eigenvalue weighted by molar-refractivity contribution is 0.0744. The van der Waals surface area contributed by atoms with Crippen molar-refractivity contribution in [3.05, 3.63) is 33.8 Å². The molecule has 1 unspecified atom stereocenters. The number of halogens is 2. The molecule has 0 aliphatic carbocycles. The van der Waals surface area contributed by atoms with Crippen molar-refractivity contribution in [3.8, 4) is 0 Å². The molecule has 0 saturated carbocycles. The predicted molar refractivity (Wildman–Crippen MR) is 80.0 cm³/mol. The summed E-state index contributed by atoms with van der Waals surface area (Å²) in [7, 11) is 0. The van der Waals surface area contributed by atoms with Gasteiger partial charge in [-0.05, 0) is 18.7 Å². The third-order valence-electron chi connectivity index (χ3n) is 3.66. The normalized spacial score (nSPS) is 19.6. The summed E-state index contributed by atoms with van der Waals surface area (Å²) in [6, 6.07) is 5.25. The molecule has 0 amide bonds. The van der Waals surface area contributed by atoms with Gasteiger partial charge in [-0.25, -0.2) is 0 Å². The van der Waals surface area contributed by atoms with Gasteiger partial charge in [0.25, 0.3) is 0 Å². The van der Waals surface area contributed by atoms with Gasteiger partial charge in [0, 0.05) is 48.3 Å². The predicted octanol–water partition coefficient (Wildman–Crippen LogP) is 2.66. The zero-order valence-corrected chi connectivity index (χ0v) is 12.7. The Balaban J connectivity index is 1.92. The lowest BCUT2D eigenvalue weighted by Crippen LogP contribution is -2.47. The lowest BCUT2D eigenvalue weighted by Gasteiger charge is -2.35. The van der Waals surface area contributed by atoms with Crippen LogP contribution < -0.4 is 0 Å².